The quantitative estimate of drug-likeness (QED) is 0.888. The van der Waals surface area contributed by atoms with Gasteiger partial charge in [0.25, 0.3) is 11.8 Å². The number of alkyl carbamates (subject to hydrolysis) is 1. The number of nitrogens with one attached hydrogen (secondary N) is 1. The summed E-state index contributed by atoms with van der Waals surface area (Å²) in [6.45, 7) is -0.256. The van der Waals surface area contributed by atoms with E-state index in [2.05, 4.69) is 14.8 Å². The highest BCUT2D eigenvalue weighted by Gasteiger charge is 2.38. The highest BCUT2D eigenvalue weighted by molar-refractivity contribution is 6.02. The molecule has 2 aromatic heterocycles. The summed E-state index contributed by atoms with van der Waals surface area (Å²) in [5, 5.41) is 6.16. The lowest BCUT2D eigenvalue weighted by Crippen LogP contribution is -2.31. The van der Waals surface area contributed by atoms with Crippen LogP contribution in [0, 0.1) is 0 Å². The van der Waals surface area contributed by atoms with E-state index in [9.17, 15) is 18.4 Å². The number of nitrogens with zero attached hydrogens (tertiary/aromatic N) is 4. The second-order valence-corrected chi connectivity index (χ2v) is 5.08. The minimum absolute atomic E-state index is 0.00166. The molecule has 3 heterocycles. The number of hydrogen-bond donors (Lipinski definition) is 1. The third-order valence-corrected chi connectivity index (χ3v) is 3.48. The van der Waals surface area contributed by atoms with E-state index in [-0.39, 0.29) is 18.7 Å². The van der Waals surface area contributed by atoms with Gasteiger partial charge in [-0.05, 0) is 12.1 Å². The van der Waals surface area contributed by atoms with E-state index in [1.165, 1.54) is 15.6 Å². The van der Waals surface area contributed by atoms with E-state index in [4.69, 9.17) is 0 Å². The Balaban J connectivity index is 1.91. The first-order valence-corrected chi connectivity index (χ1v) is 6.76. The molecule has 1 fully saturated rings. The van der Waals surface area contributed by atoms with Crippen molar-refractivity contribution in [3.8, 4) is 0 Å². The normalized spacial score (nSPS) is 16.6. The molecule has 1 saturated heterocycles. The fourth-order valence-electron chi connectivity index (χ4n) is 2.33. The molecule has 2 amide bonds. The van der Waals surface area contributed by atoms with Gasteiger partial charge >= 0.3 is 6.09 Å². The van der Waals surface area contributed by atoms with Crippen molar-refractivity contribution in [2.45, 2.75) is 12.3 Å². The number of methoxy groups -OCH3 is 1. The molecular weight excluding hydrogens is 312 g/mol. The third-order valence-electron chi connectivity index (χ3n) is 3.48. The standard InChI is InChI=1S/C13H13F2N5O3/c1-23-12(22)17-11(21)8-6-16-9-2-3-10(18-20(8)9)19-5-4-13(14,15)7-19/h2-3,6H,4-5,7H2,1H3,(H,17,21,22). The maximum atomic E-state index is 13.3. The number of carbonyl (C=O) groups is 2. The van der Waals surface area contributed by atoms with Crippen LogP contribution < -0.4 is 10.2 Å². The number of hydrogen-bond acceptors (Lipinski definition) is 6. The number of halogens is 2. The zero-order valence-corrected chi connectivity index (χ0v) is 12.1. The molecular formula is C13H13F2N5O3. The summed E-state index contributed by atoms with van der Waals surface area (Å²) in [7, 11) is 1.13. The van der Waals surface area contributed by atoms with Crippen LogP contribution in [0.5, 0.6) is 0 Å². The van der Waals surface area contributed by atoms with Crippen LogP contribution in [0.25, 0.3) is 5.65 Å². The molecule has 0 bridgehead atoms. The fourth-order valence-corrected chi connectivity index (χ4v) is 2.33. The maximum Gasteiger partial charge on any atom is 0.413 e. The summed E-state index contributed by atoms with van der Waals surface area (Å²) in [6, 6.07) is 3.12. The molecule has 0 atom stereocenters. The smallest absolute Gasteiger partial charge is 0.413 e. The van der Waals surface area contributed by atoms with Gasteiger partial charge in [0, 0.05) is 13.0 Å². The van der Waals surface area contributed by atoms with Gasteiger partial charge in [0.2, 0.25) is 0 Å². The van der Waals surface area contributed by atoms with Crippen molar-refractivity contribution >= 4 is 23.5 Å². The summed E-state index contributed by atoms with van der Waals surface area (Å²) in [6.07, 6.45) is 0.0789. The number of aromatic nitrogens is 3. The van der Waals surface area contributed by atoms with Crippen LogP contribution in [0.1, 0.15) is 16.9 Å². The van der Waals surface area contributed by atoms with Gasteiger partial charge in [0.15, 0.2) is 11.3 Å². The summed E-state index contributed by atoms with van der Waals surface area (Å²) >= 11 is 0. The molecule has 0 unspecified atom stereocenters. The molecule has 122 valence electrons. The van der Waals surface area contributed by atoms with Crippen molar-refractivity contribution in [1.82, 2.24) is 19.9 Å². The molecule has 1 N–H and O–H groups in total. The Morgan fingerprint density at radius 3 is 2.83 bits per heavy atom. The second-order valence-electron chi connectivity index (χ2n) is 5.08. The Bertz CT molecular complexity index is 776. The number of fused-ring (bicyclic) bond motifs is 1. The van der Waals surface area contributed by atoms with Crippen LogP contribution >= 0.6 is 0 Å². The number of alkyl halides is 2. The van der Waals surface area contributed by atoms with Gasteiger partial charge in [-0.2, -0.15) is 0 Å². The number of amides is 2. The van der Waals surface area contributed by atoms with Crippen LogP contribution in [0.15, 0.2) is 18.3 Å². The van der Waals surface area contributed by atoms with E-state index in [0.29, 0.717) is 11.5 Å². The molecule has 0 saturated carbocycles. The maximum absolute atomic E-state index is 13.3. The molecule has 0 spiro atoms. The first kappa shape index (κ1) is 15.1. The molecule has 0 radical (unpaired) electrons. The van der Waals surface area contributed by atoms with Crippen molar-refractivity contribution in [2.75, 3.05) is 25.1 Å². The molecule has 23 heavy (non-hydrogen) atoms. The van der Waals surface area contributed by atoms with Gasteiger partial charge in [0.1, 0.15) is 5.82 Å². The topological polar surface area (TPSA) is 88.8 Å². The van der Waals surface area contributed by atoms with Crippen LogP contribution in [-0.4, -0.2) is 52.7 Å². The number of imide groups is 1. The summed E-state index contributed by atoms with van der Waals surface area (Å²) < 4.78 is 32.2. The van der Waals surface area contributed by atoms with Gasteiger partial charge in [-0.25, -0.2) is 23.1 Å². The third kappa shape index (κ3) is 2.91. The van der Waals surface area contributed by atoms with Gasteiger partial charge in [-0.3, -0.25) is 10.1 Å². The number of ether oxygens (including phenoxy) is 1. The average molecular weight is 325 g/mol. The lowest BCUT2D eigenvalue weighted by Gasteiger charge is -2.16. The first-order chi connectivity index (χ1) is 10.9. The van der Waals surface area contributed by atoms with Crippen LogP contribution in [-0.2, 0) is 4.74 Å². The zero-order valence-electron chi connectivity index (χ0n) is 12.1. The van der Waals surface area contributed by atoms with Crippen LogP contribution in [0.4, 0.5) is 19.4 Å². The largest absolute Gasteiger partial charge is 0.453 e. The van der Waals surface area contributed by atoms with Crippen LogP contribution in [0.2, 0.25) is 0 Å². The Morgan fingerprint density at radius 2 is 2.17 bits per heavy atom. The molecule has 0 aromatic carbocycles. The molecule has 1 aliphatic heterocycles. The first-order valence-electron chi connectivity index (χ1n) is 6.76. The highest BCUT2D eigenvalue weighted by Crippen LogP contribution is 2.29. The van der Waals surface area contributed by atoms with Gasteiger partial charge in [-0.15, -0.1) is 5.10 Å². The molecule has 3 rings (SSSR count). The predicted molar refractivity (Wildman–Crippen MR) is 74.6 cm³/mol. The highest BCUT2D eigenvalue weighted by atomic mass is 19.3. The Labute approximate surface area is 129 Å². The lowest BCUT2D eigenvalue weighted by atomic mass is 10.3. The van der Waals surface area contributed by atoms with Gasteiger partial charge in [-0.1, -0.05) is 0 Å². The predicted octanol–water partition coefficient (Wildman–Crippen LogP) is 1.07. The van der Waals surface area contributed by atoms with Crippen molar-refractivity contribution in [3.63, 3.8) is 0 Å². The summed E-state index contributed by atoms with van der Waals surface area (Å²) in [4.78, 5) is 28.5. The second kappa shape index (κ2) is 5.45. The summed E-state index contributed by atoms with van der Waals surface area (Å²) in [5.41, 5.74) is 0.355. The van der Waals surface area contributed by atoms with Crippen molar-refractivity contribution in [1.29, 1.82) is 0 Å². The minimum Gasteiger partial charge on any atom is -0.453 e. The number of carbonyl (C=O) groups excluding carboxylic acids is 2. The van der Waals surface area contributed by atoms with Gasteiger partial charge < -0.3 is 9.64 Å². The molecule has 0 aliphatic carbocycles. The van der Waals surface area contributed by atoms with E-state index >= 15 is 0 Å². The fraction of sp³-hybridized carbons (Fsp3) is 0.385. The van der Waals surface area contributed by atoms with Crippen molar-refractivity contribution < 1.29 is 23.1 Å². The zero-order chi connectivity index (χ0) is 16.6. The molecule has 2 aromatic rings. The number of anilines is 1. The molecule has 10 heteroatoms. The van der Waals surface area contributed by atoms with Crippen molar-refractivity contribution in [3.05, 3.63) is 24.0 Å². The van der Waals surface area contributed by atoms with E-state index in [1.807, 2.05) is 5.32 Å². The number of rotatable bonds is 2. The van der Waals surface area contributed by atoms with E-state index in [1.54, 1.807) is 12.1 Å². The van der Waals surface area contributed by atoms with E-state index in [0.717, 1.165) is 7.11 Å². The SMILES string of the molecule is COC(=O)NC(=O)c1cnc2ccc(N3CCC(F)(F)C3)nn12. The average Bonchev–Trinajstić information content (AvgIpc) is 3.09. The minimum atomic E-state index is -2.75. The van der Waals surface area contributed by atoms with E-state index < -0.39 is 24.5 Å². The Hall–Kier alpha value is -2.78. The monoisotopic (exact) mass is 325 g/mol. The lowest BCUT2D eigenvalue weighted by molar-refractivity contribution is 0.0256. The molecule has 1 aliphatic rings. The van der Waals surface area contributed by atoms with Crippen LogP contribution in [0.3, 0.4) is 0 Å². The molecule has 8 nitrogen and oxygen atoms in total. The van der Waals surface area contributed by atoms with Gasteiger partial charge in [0.05, 0.1) is 19.9 Å². The Morgan fingerprint density at radius 1 is 1.39 bits per heavy atom. The summed E-state index contributed by atoms with van der Waals surface area (Å²) in [5.74, 6) is -3.20. The number of imidazole rings is 1. The Kier molecular flexibility index (Phi) is 3.58. The van der Waals surface area contributed by atoms with Crippen molar-refractivity contribution in [2.24, 2.45) is 0 Å².